The first-order valence-electron chi connectivity index (χ1n) is 8.04. The van der Waals surface area contributed by atoms with Crippen LogP contribution >= 0.6 is 0 Å². The van der Waals surface area contributed by atoms with E-state index in [2.05, 4.69) is 32.1 Å². The van der Waals surface area contributed by atoms with Gasteiger partial charge in [0.05, 0.1) is 6.33 Å². The summed E-state index contributed by atoms with van der Waals surface area (Å²) in [6.07, 6.45) is 1.61. The fraction of sp³-hybridized carbons (Fsp3) is 0.294. The number of benzene rings is 1. The van der Waals surface area contributed by atoms with Gasteiger partial charge in [-0.1, -0.05) is 6.92 Å². The van der Waals surface area contributed by atoms with Crippen LogP contribution in [-0.4, -0.2) is 44.6 Å². The molecule has 0 aliphatic heterocycles. The largest absolute Gasteiger partial charge is 0.338 e. The summed E-state index contributed by atoms with van der Waals surface area (Å²) >= 11 is 0. The molecule has 2 aromatic heterocycles. The van der Waals surface area contributed by atoms with E-state index in [0.717, 1.165) is 31.3 Å². The Bertz CT molecular complexity index is 957. The SMILES string of the molecule is CCN(C)CCn1cnc2c(Nc3cc(F)cc(F)c3)nc(C#N)nc21. The number of rotatable bonds is 6. The molecule has 0 aliphatic rings. The highest BCUT2D eigenvalue weighted by atomic mass is 19.1. The Morgan fingerprint density at radius 1 is 1.23 bits per heavy atom. The van der Waals surface area contributed by atoms with E-state index in [1.807, 2.05) is 17.7 Å². The standard InChI is InChI=1S/C17H17F2N7/c1-3-25(2)4-5-26-10-21-15-16(23-14(9-20)24-17(15)26)22-13-7-11(18)6-12(19)8-13/h6-8,10H,3-5H2,1-2H3,(H,22,23,24). The first-order valence-corrected chi connectivity index (χ1v) is 8.04. The average Bonchev–Trinajstić information content (AvgIpc) is 3.01. The van der Waals surface area contributed by atoms with E-state index in [1.54, 1.807) is 6.33 Å². The van der Waals surface area contributed by atoms with Crippen molar-refractivity contribution in [2.75, 3.05) is 25.5 Å². The van der Waals surface area contributed by atoms with Crippen molar-refractivity contribution in [2.45, 2.75) is 13.5 Å². The van der Waals surface area contributed by atoms with E-state index in [9.17, 15) is 14.0 Å². The highest BCUT2D eigenvalue weighted by Gasteiger charge is 2.14. The summed E-state index contributed by atoms with van der Waals surface area (Å²) in [6, 6.07) is 4.95. The topological polar surface area (TPSA) is 82.7 Å². The second kappa shape index (κ2) is 7.41. The van der Waals surface area contributed by atoms with Crippen LogP contribution in [0, 0.1) is 23.0 Å². The average molecular weight is 357 g/mol. The smallest absolute Gasteiger partial charge is 0.236 e. The lowest BCUT2D eigenvalue weighted by Gasteiger charge is -2.14. The molecule has 0 fully saturated rings. The molecule has 0 unspecified atom stereocenters. The summed E-state index contributed by atoms with van der Waals surface area (Å²) in [7, 11) is 2.00. The van der Waals surface area contributed by atoms with Gasteiger partial charge in [0.1, 0.15) is 17.7 Å². The Morgan fingerprint density at radius 2 is 1.96 bits per heavy atom. The number of aromatic nitrogens is 4. The summed E-state index contributed by atoms with van der Waals surface area (Å²) < 4.78 is 28.6. The zero-order chi connectivity index (χ0) is 18.7. The number of nitrogens with zero attached hydrogens (tertiary/aromatic N) is 6. The third-order valence-corrected chi connectivity index (χ3v) is 3.95. The normalized spacial score (nSPS) is 11.1. The van der Waals surface area contributed by atoms with E-state index in [4.69, 9.17) is 0 Å². The molecule has 0 amide bonds. The second-order valence-corrected chi connectivity index (χ2v) is 5.80. The van der Waals surface area contributed by atoms with Crippen molar-refractivity contribution in [3.63, 3.8) is 0 Å². The Kier molecular flexibility index (Phi) is 5.04. The van der Waals surface area contributed by atoms with E-state index >= 15 is 0 Å². The summed E-state index contributed by atoms with van der Waals surface area (Å²) in [5.41, 5.74) is 1.08. The summed E-state index contributed by atoms with van der Waals surface area (Å²) in [6.45, 7) is 4.38. The van der Waals surface area contributed by atoms with Gasteiger partial charge in [-0.3, -0.25) is 0 Å². The minimum atomic E-state index is -0.716. The molecule has 3 aromatic rings. The van der Waals surface area contributed by atoms with Crippen molar-refractivity contribution >= 4 is 22.7 Å². The zero-order valence-corrected chi connectivity index (χ0v) is 14.4. The van der Waals surface area contributed by atoms with Gasteiger partial charge in [0.25, 0.3) is 0 Å². The molecule has 134 valence electrons. The van der Waals surface area contributed by atoms with Crippen LogP contribution < -0.4 is 5.32 Å². The van der Waals surface area contributed by atoms with E-state index in [0.29, 0.717) is 17.7 Å². The van der Waals surface area contributed by atoms with Gasteiger partial charge in [-0.15, -0.1) is 0 Å². The van der Waals surface area contributed by atoms with Crippen LogP contribution in [0.3, 0.4) is 0 Å². The van der Waals surface area contributed by atoms with E-state index in [1.165, 1.54) is 0 Å². The number of nitriles is 1. The number of anilines is 2. The van der Waals surface area contributed by atoms with E-state index in [-0.39, 0.29) is 17.3 Å². The van der Waals surface area contributed by atoms with Crippen molar-refractivity contribution < 1.29 is 8.78 Å². The Hall–Kier alpha value is -3.12. The highest BCUT2D eigenvalue weighted by molar-refractivity contribution is 5.85. The Labute approximate surface area is 148 Å². The molecule has 3 rings (SSSR count). The van der Waals surface area contributed by atoms with Gasteiger partial charge in [-0.25, -0.2) is 13.8 Å². The molecule has 0 radical (unpaired) electrons. The molecule has 9 heteroatoms. The number of halogens is 2. The number of imidazole rings is 1. The molecule has 0 aliphatic carbocycles. The lowest BCUT2D eigenvalue weighted by atomic mass is 10.3. The van der Waals surface area contributed by atoms with Crippen LogP contribution in [0.15, 0.2) is 24.5 Å². The van der Waals surface area contributed by atoms with Gasteiger partial charge in [0, 0.05) is 24.8 Å². The van der Waals surface area contributed by atoms with Crippen molar-refractivity contribution in [3.8, 4) is 6.07 Å². The molecule has 26 heavy (non-hydrogen) atoms. The van der Waals surface area contributed by atoms with Gasteiger partial charge in [0.15, 0.2) is 17.0 Å². The first kappa shape index (κ1) is 17.7. The summed E-state index contributed by atoms with van der Waals surface area (Å²) in [4.78, 5) is 14.7. The minimum absolute atomic E-state index is 0.0533. The second-order valence-electron chi connectivity index (χ2n) is 5.80. The number of nitrogens with one attached hydrogen (secondary N) is 1. The molecule has 0 atom stereocenters. The number of hydrogen-bond acceptors (Lipinski definition) is 6. The quantitative estimate of drug-likeness (QED) is 0.730. The maximum atomic E-state index is 13.4. The molecular formula is C17H17F2N7. The van der Waals surface area contributed by atoms with E-state index < -0.39 is 11.6 Å². The van der Waals surface area contributed by atoms with Crippen LogP contribution in [-0.2, 0) is 6.54 Å². The predicted octanol–water partition coefficient (Wildman–Crippen LogP) is 2.67. The molecule has 0 saturated heterocycles. The van der Waals surface area contributed by atoms with Gasteiger partial charge < -0.3 is 14.8 Å². The fourth-order valence-corrected chi connectivity index (χ4v) is 2.44. The van der Waals surface area contributed by atoms with Crippen molar-refractivity contribution in [2.24, 2.45) is 0 Å². The Morgan fingerprint density at radius 3 is 2.62 bits per heavy atom. The van der Waals surface area contributed by atoms with Crippen LogP contribution in [0.4, 0.5) is 20.3 Å². The molecule has 0 spiro atoms. The van der Waals surface area contributed by atoms with Crippen molar-refractivity contribution in [1.29, 1.82) is 5.26 Å². The Balaban J connectivity index is 1.99. The number of fused-ring (bicyclic) bond motifs is 1. The van der Waals surface area contributed by atoms with Gasteiger partial charge >= 0.3 is 0 Å². The lowest BCUT2D eigenvalue weighted by molar-refractivity contribution is 0.337. The van der Waals surface area contributed by atoms with Crippen molar-refractivity contribution in [1.82, 2.24) is 24.4 Å². The third-order valence-electron chi connectivity index (χ3n) is 3.95. The molecule has 1 N–H and O–H groups in total. The minimum Gasteiger partial charge on any atom is -0.338 e. The van der Waals surface area contributed by atoms with Gasteiger partial charge in [0.2, 0.25) is 5.82 Å². The maximum absolute atomic E-state index is 13.4. The lowest BCUT2D eigenvalue weighted by Crippen LogP contribution is -2.22. The zero-order valence-electron chi connectivity index (χ0n) is 14.4. The van der Waals surface area contributed by atoms with Gasteiger partial charge in [-0.2, -0.15) is 15.2 Å². The van der Waals surface area contributed by atoms with Crippen LogP contribution in [0.1, 0.15) is 12.7 Å². The van der Waals surface area contributed by atoms with Crippen LogP contribution in [0.2, 0.25) is 0 Å². The highest BCUT2D eigenvalue weighted by Crippen LogP contribution is 2.24. The molecule has 0 bridgehead atoms. The fourth-order valence-electron chi connectivity index (χ4n) is 2.44. The van der Waals surface area contributed by atoms with Gasteiger partial charge in [-0.05, 0) is 25.7 Å². The first-order chi connectivity index (χ1) is 12.5. The maximum Gasteiger partial charge on any atom is 0.236 e. The summed E-state index contributed by atoms with van der Waals surface area (Å²) in [5.74, 6) is -1.26. The molecule has 7 nitrogen and oxygen atoms in total. The molecule has 0 saturated carbocycles. The van der Waals surface area contributed by atoms with Crippen LogP contribution in [0.25, 0.3) is 11.2 Å². The number of hydrogen-bond donors (Lipinski definition) is 1. The third kappa shape index (κ3) is 3.75. The number of likely N-dealkylation sites (N-methyl/N-ethyl adjacent to an activating group) is 1. The monoisotopic (exact) mass is 357 g/mol. The van der Waals surface area contributed by atoms with Crippen LogP contribution in [0.5, 0.6) is 0 Å². The molecular weight excluding hydrogens is 340 g/mol. The van der Waals surface area contributed by atoms with Crippen molar-refractivity contribution in [3.05, 3.63) is 42.0 Å². The molecule has 1 aromatic carbocycles. The predicted molar refractivity (Wildman–Crippen MR) is 92.8 cm³/mol. The summed E-state index contributed by atoms with van der Waals surface area (Å²) in [5, 5.41) is 12.0. The molecule has 2 heterocycles.